The van der Waals surface area contributed by atoms with E-state index in [2.05, 4.69) is 15.5 Å². The van der Waals surface area contributed by atoms with E-state index in [4.69, 9.17) is 4.74 Å². The molecular weight excluding hydrogens is 452 g/mol. The second kappa shape index (κ2) is 9.76. The molecule has 1 amide bonds. The maximum atomic E-state index is 12.6. The molecule has 0 saturated heterocycles. The first kappa shape index (κ1) is 23.6. The van der Waals surface area contributed by atoms with Crippen LogP contribution in [0.2, 0.25) is 0 Å². The van der Waals surface area contributed by atoms with Crippen LogP contribution in [0.5, 0.6) is 5.75 Å². The van der Waals surface area contributed by atoms with Gasteiger partial charge in [0.05, 0.1) is 16.8 Å². The van der Waals surface area contributed by atoms with Crippen LogP contribution in [-0.2, 0) is 32.0 Å². The molecule has 4 aromatic rings. The zero-order valence-electron chi connectivity index (χ0n) is 20.0. The van der Waals surface area contributed by atoms with Gasteiger partial charge in [0.15, 0.2) is 11.0 Å². The molecule has 10 heteroatoms. The van der Waals surface area contributed by atoms with E-state index in [-0.39, 0.29) is 17.3 Å². The Bertz CT molecular complexity index is 1400. The van der Waals surface area contributed by atoms with Crippen molar-refractivity contribution in [2.24, 2.45) is 14.1 Å². The highest BCUT2D eigenvalue weighted by Gasteiger charge is 2.15. The predicted octanol–water partition coefficient (Wildman–Crippen LogP) is 3.42. The van der Waals surface area contributed by atoms with Gasteiger partial charge in [-0.25, -0.2) is 4.79 Å². The van der Waals surface area contributed by atoms with E-state index < -0.39 is 0 Å². The number of rotatable bonds is 8. The van der Waals surface area contributed by atoms with Gasteiger partial charge in [0.1, 0.15) is 12.4 Å². The van der Waals surface area contributed by atoms with Gasteiger partial charge in [0, 0.05) is 26.3 Å². The Hall–Kier alpha value is -3.53. The SMILES string of the molecule is CCn1c(COc2c(C)cccc2C)nnc1SCC(=O)Nc1ccc2c(c1)n(C)c(=O)n2C. The molecular formula is C24H28N6O3S. The van der Waals surface area contributed by atoms with Crippen molar-refractivity contribution < 1.29 is 9.53 Å². The molecule has 0 aliphatic heterocycles. The maximum Gasteiger partial charge on any atom is 0.328 e. The number of aromatic nitrogens is 5. The molecule has 178 valence electrons. The predicted molar refractivity (Wildman–Crippen MR) is 133 cm³/mol. The highest BCUT2D eigenvalue weighted by molar-refractivity contribution is 7.99. The first-order valence-corrected chi connectivity index (χ1v) is 12.0. The quantitative estimate of drug-likeness (QED) is 0.388. The summed E-state index contributed by atoms with van der Waals surface area (Å²) in [4.78, 5) is 24.7. The first-order chi connectivity index (χ1) is 16.3. The van der Waals surface area contributed by atoms with Crippen LogP contribution in [0.15, 0.2) is 46.3 Å². The number of carbonyl (C=O) groups excluding carboxylic acids is 1. The lowest BCUT2D eigenvalue weighted by Gasteiger charge is -2.12. The van der Waals surface area contributed by atoms with Gasteiger partial charge < -0.3 is 14.6 Å². The number of benzene rings is 2. The molecule has 0 bridgehead atoms. The Morgan fingerprint density at radius 3 is 2.47 bits per heavy atom. The van der Waals surface area contributed by atoms with Crippen molar-refractivity contribution in [1.82, 2.24) is 23.9 Å². The summed E-state index contributed by atoms with van der Waals surface area (Å²) in [6, 6.07) is 11.5. The molecule has 0 spiro atoms. The monoisotopic (exact) mass is 480 g/mol. The summed E-state index contributed by atoms with van der Waals surface area (Å²) < 4.78 is 11.1. The lowest BCUT2D eigenvalue weighted by molar-refractivity contribution is -0.113. The van der Waals surface area contributed by atoms with E-state index in [9.17, 15) is 9.59 Å². The van der Waals surface area contributed by atoms with E-state index in [1.54, 1.807) is 35.4 Å². The number of ether oxygens (including phenoxy) is 1. The first-order valence-electron chi connectivity index (χ1n) is 11.0. The van der Waals surface area contributed by atoms with Crippen LogP contribution in [-0.4, -0.2) is 35.6 Å². The van der Waals surface area contributed by atoms with Gasteiger partial charge in [-0.15, -0.1) is 10.2 Å². The zero-order chi connectivity index (χ0) is 24.4. The molecule has 0 aliphatic carbocycles. The summed E-state index contributed by atoms with van der Waals surface area (Å²) >= 11 is 1.32. The average Bonchev–Trinajstić information content (AvgIpc) is 3.31. The Labute approximate surface area is 201 Å². The zero-order valence-corrected chi connectivity index (χ0v) is 20.8. The van der Waals surface area contributed by atoms with Crippen molar-refractivity contribution in [2.45, 2.75) is 39.1 Å². The Morgan fingerprint density at radius 2 is 1.76 bits per heavy atom. The van der Waals surface area contributed by atoms with E-state index in [1.807, 2.05) is 49.6 Å². The van der Waals surface area contributed by atoms with E-state index >= 15 is 0 Å². The largest absolute Gasteiger partial charge is 0.485 e. The number of hydrogen-bond acceptors (Lipinski definition) is 6. The number of amides is 1. The Morgan fingerprint density at radius 1 is 1.06 bits per heavy atom. The number of fused-ring (bicyclic) bond motifs is 1. The van der Waals surface area contributed by atoms with Crippen molar-refractivity contribution in [1.29, 1.82) is 0 Å². The molecule has 0 radical (unpaired) electrons. The number of aryl methyl sites for hydroxylation is 4. The highest BCUT2D eigenvalue weighted by atomic mass is 32.2. The van der Waals surface area contributed by atoms with Crippen molar-refractivity contribution in [3.63, 3.8) is 0 Å². The summed E-state index contributed by atoms with van der Waals surface area (Å²) in [5.74, 6) is 1.59. The van der Waals surface area contributed by atoms with Crippen molar-refractivity contribution in [3.05, 3.63) is 63.8 Å². The van der Waals surface area contributed by atoms with E-state index in [0.29, 0.717) is 29.8 Å². The van der Waals surface area contributed by atoms with Gasteiger partial charge in [-0.2, -0.15) is 0 Å². The van der Waals surface area contributed by atoms with Crippen molar-refractivity contribution >= 4 is 34.4 Å². The minimum absolute atomic E-state index is 0.106. The smallest absolute Gasteiger partial charge is 0.328 e. The van der Waals surface area contributed by atoms with Gasteiger partial charge in [-0.3, -0.25) is 13.9 Å². The molecule has 2 aromatic heterocycles. The van der Waals surface area contributed by atoms with E-state index in [1.165, 1.54) is 11.8 Å². The lowest BCUT2D eigenvalue weighted by atomic mass is 10.1. The standard InChI is InChI=1S/C24H28N6O3S/c1-6-30-20(13-33-22-15(2)8-7-9-16(22)3)26-27-23(30)34-14-21(31)25-17-10-11-18-19(12-17)29(5)24(32)28(18)4/h7-12H,6,13-14H2,1-5H3,(H,25,31). The molecule has 1 N–H and O–H groups in total. The molecule has 0 aliphatic rings. The van der Waals surface area contributed by atoms with Crippen molar-refractivity contribution in [2.75, 3.05) is 11.1 Å². The topological polar surface area (TPSA) is 96.0 Å². The molecule has 0 saturated carbocycles. The Kier molecular flexibility index (Phi) is 6.78. The number of carbonyl (C=O) groups is 1. The second-order valence-electron chi connectivity index (χ2n) is 8.09. The number of nitrogens with one attached hydrogen (secondary N) is 1. The normalized spacial score (nSPS) is 11.2. The van der Waals surface area contributed by atoms with Crippen LogP contribution in [0.3, 0.4) is 0 Å². The highest BCUT2D eigenvalue weighted by Crippen LogP contribution is 2.24. The third-order valence-corrected chi connectivity index (χ3v) is 6.72. The number of hydrogen-bond donors (Lipinski definition) is 1. The van der Waals surface area contributed by atoms with E-state index in [0.717, 1.165) is 27.9 Å². The molecule has 2 heterocycles. The van der Waals surface area contributed by atoms with Crippen LogP contribution in [0, 0.1) is 13.8 Å². The van der Waals surface area contributed by atoms with Gasteiger partial charge in [-0.05, 0) is 50.1 Å². The third-order valence-electron chi connectivity index (χ3n) is 5.75. The van der Waals surface area contributed by atoms with Gasteiger partial charge >= 0.3 is 5.69 Å². The van der Waals surface area contributed by atoms with Gasteiger partial charge in [0.25, 0.3) is 0 Å². The van der Waals surface area contributed by atoms with Crippen LogP contribution in [0.1, 0.15) is 23.9 Å². The minimum atomic E-state index is -0.163. The fourth-order valence-corrected chi connectivity index (χ4v) is 4.75. The molecule has 0 atom stereocenters. The molecule has 2 aromatic carbocycles. The summed E-state index contributed by atoms with van der Waals surface area (Å²) in [6.07, 6.45) is 0. The number of anilines is 1. The molecule has 0 fully saturated rings. The number of thioether (sulfide) groups is 1. The fourth-order valence-electron chi connectivity index (χ4n) is 3.93. The third kappa shape index (κ3) is 4.58. The van der Waals surface area contributed by atoms with Crippen LogP contribution >= 0.6 is 11.8 Å². The number of imidazole rings is 1. The summed E-state index contributed by atoms with van der Waals surface area (Å²) in [7, 11) is 3.44. The summed E-state index contributed by atoms with van der Waals surface area (Å²) in [6.45, 7) is 7.01. The maximum absolute atomic E-state index is 12.6. The fraction of sp³-hybridized carbons (Fsp3) is 0.333. The average molecular weight is 481 g/mol. The van der Waals surface area contributed by atoms with Crippen LogP contribution in [0.25, 0.3) is 11.0 Å². The number of nitrogens with zero attached hydrogens (tertiary/aromatic N) is 5. The molecule has 0 unspecified atom stereocenters. The molecule has 9 nitrogen and oxygen atoms in total. The van der Waals surface area contributed by atoms with Crippen LogP contribution < -0.4 is 15.7 Å². The lowest BCUT2D eigenvalue weighted by Crippen LogP contribution is -2.19. The van der Waals surface area contributed by atoms with Crippen LogP contribution in [0.4, 0.5) is 5.69 Å². The van der Waals surface area contributed by atoms with Gasteiger partial charge in [-0.1, -0.05) is 30.0 Å². The summed E-state index contributed by atoms with van der Waals surface area (Å²) in [5.41, 5.74) is 4.25. The summed E-state index contributed by atoms with van der Waals surface area (Å²) in [5, 5.41) is 12.1. The number of para-hydroxylation sites is 1. The molecule has 34 heavy (non-hydrogen) atoms. The molecule has 4 rings (SSSR count). The minimum Gasteiger partial charge on any atom is -0.485 e. The second-order valence-corrected chi connectivity index (χ2v) is 9.04. The Balaban J connectivity index is 1.40. The van der Waals surface area contributed by atoms with Gasteiger partial charge in [0.2, 0.25) is 5.91 Å². The van der Waals surface area contributed by atoms with Crippen molar-refractivity contribution in [3.8, 4) is 5.75 Å².